The van der Waals surface area contributed by atoms with Crippen molar-refractivity contribution in [2.24, 2.45) is 5.92 Å². The van der Waals surface area contributed by atoms with E-state index >= 15 is 0 Å². The lowest BCUT2D eigenvalue weighted by Crippen LogP contribution is -2.45. The molecule has 6 nitrogen and oxygen atoms in total. The first-order chi connectivity index (χ1) is 16.3. The molecule has 0 saturated carbocycles. The topological polar surface area (TPSA) is 69.7 Å². The van der Waals surface area contributed by atoms with E-state index in [2.05, 4.69) is 22.3 Å². The Kier molecular flexibility index (Phi) is 8.53. The first kappa shape index (κ1) is 25.5. The van der Waals surface area contributed by atoms with Gasteiger partial charge in [-0.3, -0.25) is 9.69 Å². The maximum atomic E-state index is 13.1. The molecule has 0 bridgehead atoms. The Balaban J connectivity index is 1.36. The van der Waals surface area contributed by atoms with E-state index in [9.17, 15) is 13.2 Å². The fraction of sp³-hybridized carbons (Fsp3) is 0.480. The molecule has 0 aromatic heterocycles. The van der Waals surface area contributed by atoms with Crippen LogP contribution in [0.1, 0.15) is 42.4 Å². The molecule has 2 aromatic rings. The zero-order valence-electron chi connectivity index (χ0n) is 19.2. The normalized spacial score (nSPS) is 19.9. The third kappa shape index (κ3) is 6.32. The Morgan fingerprint density at radius 1 is 0.941 bits per heavy atom. The number of rotatable bonds is 8. The van der Waals surface area contributed by atoms with Crippen molar-refractivity contribution in [2.45, 2.75) is 44.5 Å². The predicted molar refractivity (Wildman–Crippen MR) is 136 cm³/mol. The Hall–Kier alpha value is -1.64. The van der Waals surface area contributed by atoms with Gasteiger partial charge in [-0.1, -0.05) is 53.5 Å². The Labute approximate surface area is 212 Å². The van der Waals surface area contributed by atoms with Crippen molar-refractivity contribution in [3.8, 4) is 0 Å². The third-order valence-electron chi connectivity index (χ3n) is 6.70. The van der Waals surface area contributed by atoms with Crippen LogP contribution in [-0.4, -0.2) is 49.7 Å². The van der Waals surface area contributed by atoms with Crippen molar-refractivity contribution >= 4 is 39.1 Å². The van der Waals surface area contributed by atoms with Crippen molar-refractivity contribution in [3.05, 3.63) is 69.2 Å². The smallest absolute Gasteiger partial charge is 0.224 e. The molecule has 1 N–H and O–H groups in total. The predicted octanol–water partition coefficient (Wildman–Crippen LogP) is 4.45. The number of amides is 1. The molecule has 2 aliphatic heterocycles. The van der Waals surface area contributed by atoms with Crippen LogP contribution in [0, 0.1) is 5.92 Å². The molecule has 4 rings (SSSR count). The van der Waals surface area contributed by atoms with Gasteiger partial charge in [-0.05, 0) is 62.0 Å². The Morgan fingerprint density at radius 2 is 1.62 bits per heavy atom. The van der Waals surface area contributed by atoms with Crippen LogP contribution in [0.3, 0.4) is 0 Å². The van der Waals surface area contributed by atoms with E-state index in [1.807, 2.05) is 12.1 Å². The van der Waals surface area contributed by atoms with Gasteiger partial charge in [0, 0.05) is 41.8 Å². The van der Waals surface area contributed by atoms with Crippen LogP contribution in [0.15, 0.2) is 42.5 Å². The van der Waals surface area contributed by atoms with E-state index in [0.29, 0.717) is 41.5 Å². The summed E-state index contributed by atoms with van der Waals surface area (Å²) in [6.45, 7) is 4.14. The van der Waals surface area contributed by atoms with Gasteiger partial charge < -0.3 is 5.32 Å². The molecular weight excluding hydrogens is 493 g/mol. The number of piperidine rings is 1. The van der Waals surface area contributed by atoms with E-state index < -0.39 is 10.0 Å². The molecule has 1 unspecified atom stereocenters. The van der Waals surface area contributed by atoms with Gasteiger partial charge in [0.1, 0.15) is 0 Å². The number of hydrogen-bond acceptors (Lipinski definition) is 4. The second-order valence-corrected chi connectivity index (χ2v) is 11.9. The van der Waals surface area contributed by atoms with Gasteiger partial charge in [-0.15, -0.1) is 0 Å². The molecule has 1 atom stereocenters. The van der Waals surface area contributed by atoms with Crippen molar-refractivity contribution in [1.29, 1.82) is 0 Å². The first-order valence-electron chi connectivity index (χ1n) is 11.8. The van der Waals surface area contributed by atoms with Crippen molar-refractivity contribution in [3.63, 3.8) is 0 Å². The number of carbonyl (C=O) groups is 1. The third-order valence-corrected chi connectivity index (χ3v) is 9.18. The van der Waals surface area contributed by atoms with E-state index in [-0.39, 0.29) is 24.1 Å². The fourth-order valence-corrected chi connectivity index (χ4v) is 7.11. The SMILES string of the molecule is O=C(NCc1ccccc1CN1CCCC1)C1CCCN(S(=O)(=O)Cc2c(Cl)cccc2Cl)C1. The van der Waals surface area contributed by atoms with Crippen LogP contribution in [0.4, 0.5) is 0 Å². The van der Waals surface area contributed by atoms with Crippen molar-refractivity contribution in [1.82, 2.24) is 14.5 Å². The van der Waals surface area contributed by atoms with E-state index in [0.717, 1.165) is 25.2 Å². The van der Waals surface area contributed by atoms with Crippen LogP contribution in [0.2, 0.25) is 10.0 Å². The highest BCUT2D eigenvalue weighted by Gasteiger charge is 2.33. The summed E-state index contributed by atoms with van der Waals surface area (Å²) in [5.74, 6) is -0.758. The van der Waals surface area contributed by atoms with Gasteiger partial charge >= 0.3 is 0 Å². The average molecular weight is 525 g/mol. The molecule has 1 amide bonds. The molecule has 2 fully saturated rings. The molecule has 0 spiro atoms. The summed E-state index contributed by atoms with van der Waals surface area (Å²) >= 11 is 12.4. The maximum Gasteiger partial charge on any atom is 0.224 e. The highest BCUT2D eigenvalue weighted by molar-refractivity contribution is 7.88. The Morgan fingerprint density at radius 3 is 2.32 bits per heavy atom. The molecule has 2 heterocycles. The van der Waals surface area contributed by atoms with Gasteiger partial charge in [0.25, 0.3) is 0 Å². The number of nitrogens with one attached hydrogen (secondary N) is 1. The van der Waals surface area contributed by atoms with Gasteiger partial charge in [0.15, 0.2) is 0 Å². The lowest BCUT2D eigenvalue weighted by molar-refractivity contribution is -0.126. The molecule has 9 heteroatoms. The summed E-state index contributed by atoms with van der Waals surface area (Å²) in [6, 6.07) is 13.1. The van der Waals surface area contributed by atoms with Crippen LogP contribution in [-0.2, 0) is 33.7 Å². The van der Waals surface area contributed by atoms with Crippen LogP contribution in [0.5, 0.6) is 0 Å². The zero-order valence-corrected chi connectivity index (χ0v) is 21.5. The highest BCUT2D eigenvalue weighted by Crippen LogP contribution is 2.29. The summed E-state index contributed by atoms with van der Waals surface area (Å²) in [5, 5.41) is 3.71. The largest absolute Gasteiger partial charge is 0.352 e. The molecule has 2 aromatic carbocycles. The van der Waals surface area contributed by atoms with E-state index in [1.165, 1.54) is 22.7 Å². The fourth-order valence-electron chi connectivity index (χ4n) is 4.75. The molecule has 34 heavy (non-hydrogen) atoms. The molecular formula is C25H31Cl2N3O3S. The van der Waals surface area contributed by atoms with Gasteiger partial charge in [-0.2, -0.15) is 0 Å². The second kappa shape index (κ2) is 11.4. The number of nitrogens with zero attached hydrogens (tertiary/aromatic N) is 2. The number of hydrogen-bond donors (Lipinski definition) is 1. The summed E-state index contributed by atoms with van der Waals surface area (Å²) in [4.78, 5) is 15.4. The van der Waals surface area contributed by atoms with Crippen LogP contribution >= 0.6 is 23.2 Å². The van der Waals surface area contributed by atoms with Crippen LogP contribution in [0.25, 0.3) is 0 Å². The lowest BCUT2D eigenvalue weighted by Gasteiger charge is -2.31. The van der Waals surface area contributed by atoms with Gasteiger partial charge in [-0.25, -0.2) is 12.7 Å². The van der Waals surface area contributed by atoms with E-state index in [1.54, 1.807) is 18.2 Å². The number of likely N-dealkylation sites (tertiary alicyclic amines) is 1. The zero-order chi connectivity index (χ0) is 24.1. The van der Waals surface area contributed by atoms with Gasteiger partial charge in [0.05, 0.1) is 11.7 Å². The summed E-state index contributed by atoms with van der Waals surface area (Å²) in [7, 11) is -3.66. The van der Waals surface area contributed by atoms with Crippen LogP contribution < -0.4 is 5.32 Å². The number of halogens is 2. The quantitative estimate of drug-likeness (QED) is 0.554. The minimum absolute atomic E-state index is 0.105. The standard InChI is InChI=1S/C25H31Cl2N3O3S/c26-23-10-5-11-24(27)22(23)18-34(32,33)30-14-6-9-21(17-30)25(31)28-15-19-7-1-2-8-20(19)16-29-12-3-4-13-29/h1-2,5,7-8,10-11,21H,3-4,6,9,12-18H2,(H,28,31). The minimum Gasteiger partial charge on any atom is -0.352 e. The summed E-state index contributed by atoms with van der Waals surface area (Å²) in [5.41, 5.74) is 2.73. The monoisotopic (exact) mass is 523 g/mol. The molecule has 0 aliphatic carbocycles. The molecule has 184 valence electrons. The number of carbonyl (C=O) groups excluding carboxylic acids is 1. The molecule has 2 aliphatic rings. The number of benzene rings is 2. The number of sulfonamides is 1. The molecule has 2 saturated heterocycles. The first-order valence-corrected chi connectivity index (χ1v) is 14.2. The highest BCUT2D eigenvalue weighted by atomic mass is 35.5. The minimum atomic E-state index is -3.66. The second-order valence-electron chi connectivity index (χ2n) is 9.12. The van der Waals surface area contributed by atoms with Gasteiger partial charge in [0.2, 0.25) is 15.9 Å². The van der Waals surface area contributed by atoms with Crippen molar-refractivity contribution in [2.75, 3.05) is 26.2 Å². The average Bonchev–Trinajstić information content (AvgIpc) is 3.34. The van der Waals surface area contributed by atoms with Crippen molar-refractivity contribution < 1.29 is 13.2 Å². The Bertz CT molecular complexity index is 1100. The maximum absolute atomic E-state index is 13.1. The summed E-state index contributed by atoms with van der Waals surface area (Å²) in [6.07, 6.45) is 3.78. The lowest BCUT2D eigenvalue weighted by atomic mass is 9.98. The summed E-state index contributed by atoms with van der Waals surface area (Å²) < 4.78 is 27.6. The molecule has 0 radical (unpaired) electrons. The van der Waals surface area contributed by atoms with E-state index in [4.69, 9.17) is 23.2 Å².